The van der Waals surface area contributed by atoms with Crippen LogP contribution in [0.2, 0.25) is 0 Å². The van der Waals surface area contributed by atoms with Crippen molar-refractivity contribution in [2.45, 2.75) is 58.8 Å². The van der Waals surface area contributed by atoms with Crippen molar-refractivity contribution in [2.75, 3.05) is 0 Å². The number of hydrogen-bond donors (Lipinski definition) is 1. The molecule has 0 bridgehead atoms. The van der Waals surface area contributed by atoms with Crippen molar-refractivity contribution in [1.29, 1.82) is 0 Å². The van der Waals surface area contributed by atoms with Crippen LogP contribution in [0.25, 0.3) is 0 Å². The molecule has 88 valence electrons. The van der Waals surface area contributed by atoms with Gasteiger partial charge in [-0.2, -0.15) is 0 Å². The molecule has 0 radical (unpaired) electrons. The standard InChI is InChI=1S/C9H18.C4H6O2/c1-9-7-5-3-2-4-6-8-9;1-3(2)4(5)6/h9H,2-8H2,1H3;1H2,2H3,(H,5,6). The van der Waals surface area contributed by atoms with Crippen LogP contribution in [0.5, 0.6) is 0 Å². The summed E-state index contributed by atoms with van der Waals surface area (Å²) in [5.41, 5.74) is 0.176. The van der Waals surface area contributed by atoms with E-state index in [-0.39, 0.29) is 5.57 Å². The first-order chi connectivity index (χ1) is 7.04. The van der Waals surface area contributed by atoms with E-state index in [9.17, 15) is 4.79 Å². The maximum Gasteiger partial charge on any atom is 0.330 e. The van der Waals surface area contributed by atoms with Gasteiger partial charge in [0.25, 0.3) is 0 Å². The number of carbonyl (C=O) groups is 1. The summed E-state index contributed by atoms with van der Waals surface area (Å²) in [7, 11) is 0. The second-order valence-corrected chi connectivity index (χ2v) is 4.54. The number of carboxylic acids is 1. The topological polar surface area (TPSA) is 37.3 Å². The van der Waals surface area contributed by atoms with E-state index in [1.807, 2.05) is 0 Å². The first-order valence-electron chi connectivity index (χ1n) is 5.93. The van der Waals surface area contributed by atoms with Crippen molar-refractivity contribution in [2.24, 2.45) is 5.92 Å². The van der Waals surface area contributed by atoms with Gasteiger partial charge in [0.05, 0.1) is 0 Å². The minimum Gasteiger partial charge on any atom is -0.478 e. The van der Waals surface area contributed by atoms with Crippen LogP contribution in [-0.4, -0.2) is 11.1 Å². The Morgan fingerprint density at radius 1 is 1.13 bits per heavy atom. The molecule has 1 aliphatic rings. The average Bonchev–Trinajstić information content (AvgIpc) is 2.12. The van der Waals surface area contributed by atoms with Gasteiger partial charge in [0.1, 0.15) is 0 Å². The van der Waals surface area contributed by atoms with Crippen molar-refractivity contribution >= 4 is 5.97 Å². The Kier molecular flexibility index (Phi) is 8.06. The van der Waals surface area contributed by atoms with Crippen LogP contribution in [-0.2, 0) is 4.79 Å². The highest BCUT2D eigenvalue weighted by atomic mass is 16.4. The summed E-state index contributed by atoms with van der Waals surface area (Å²) in [6, 6.07) is 0. The zero-order valence-electron chi connectivity index (χ0n) is 10.1. The fraction of sp³-hybridized carbons (Fsp3) is 0.769. The van der Waals surface area contributed by atoms with E-state index in [0.717, 1.165) is 5.92 Å². The Labute approximate surface area is 93.4 Å². The van der Waals surface area contributed by atoms with Gasteiger partial charge in [-0.1, -0.05) is 58.4 Å². The lowest BCUT2D eigenvalue weighted by molar-refractivity contribution is -0.132. The molecule has 0 aromatic carbocycles. The van der Waals surface area contributed by atoms with Gasteiger partial charge in [-0.3, -0.25) is 0 Å². The van der Waals surface area contributed by atoms with Gasteiger partial charge in [-0.05, 0) is 12.8 Å². The molecule has 1 N–H and O–H groups in total. The third kappa shape index (κ3) is 9.51. The Morgan fingerprint density at radius 2 is 1.47 bits per heavy atom. The SMILES string of the molecule is C=C(C)C(=O)O.CC1CCCCCCC1. The van der Waals surface area contributed by atoms with Crippen molar-refractivity contribution in [3.05, 3.63) is 12.2 Å². The lowest BCUT2D eigenvalue weighted by Crippen LogP contribution is -1.97. The molecule has 1 saturated carbocycles. The third-order valence-electron chi connectivity index (χ3n) is 2.76. The minimum absolute atomic E-state index is 0.176. The molecule has 0 unspecified atom stereocenters. The summed E-state index contributed by atoms with van der Waals surface area (Å²) in [6.45, 7) is 7.00. The molecule has 15 heavy (non-hydrogen) atoms. The Balaban J connectivity index is 0.000000288. The van der Waals surface area contributed by atoms with Crippen LogP contribution < -0.4 is 0 Å². The van der Waals surface area contributed by atoms with Crippen molar-refractivity contribution < 1.29 is 9.90 Å². The van der Waals surface area contributed by atoms with Gasteiger partial charge < -0.3 is 5.11 Å². The molecule has 2 nitrogen and oxygen atoms in total. The van der Waals surface area contributed by atoms with Crippen LogP contribution in [0.4, 0.5) is 0 Å². The van der Waals surface area contributed by atoms with Gasteiger partial charge in [0.2, 0.25) is 0 Å². The molecule has 1 aliphatic carbocycles. The fourth-order valence-corrected chi connectivity index (χ4v) is 1.66. The molecular formula is C13H24O2. The van der Waals surface area contributed by atoms with E-state index in [1.54, 1.807) is 0 Å². The van der Waals surface area contributed by atoms with E-state index in [2.05, 4.69) is 13.5 Å². The predicted octanol–water partition coefficient (Wildman–Crippen LogP) is 4.01. The van der Waals surface area contributed by atoms with Crippen molar-refractivity contribution in [3.8, 4) is 0 Å². The normalized spacial score (nSPS) is 18.0. The van der Waals surface area contributed by atoms with Gasteiger partial charge in [-0.15, -0.1) is 0 Å². The maximum absolute atomic E-state index is 9.60. The van der Waals surface area contributed by atoms with E-state index in [0.29, 0.717) is 0 Å². The molecule has 0 heterocycles. The highest BCUT2D eigenvalue weighted by Gasteiger charge is 2.04. The molecule has 0 amide bonds. The quantitative estimate of drug-likeness (QED) is 0.667. The monoisotopic (exact) mass is 212 g/mol. The molecule has 0 aromatic rings. The van der Waals surface area contributed by atoms with Gasteiger partial charge in [-0.25, -0.2) is 4.79 Å². The van der Waals surface area contributed by atoms with Crippen molar-refractivity contribution in [3.63, 3.8) is 0 Å². The van der Waals surface area contributed by atoms with Gasteiger partial charge in [0.15, 0.2) is 0 Å². The maximum atomic E-state index is 9.60. The van der Waals surface area contributed by atoms with Crippen LogP contribution in [0.15, 0.2) is 12.2 Å². The first kappa shape index (κ1) is 14.2. The molecule has 1 rings (SSSR count). The second kappa shape index (κ2) is 8.51. The van der Waals surface area contributed by atoms with E-state index in [4.69, 9.17) is 5.11 Å². The summed E-state index contributed by atoms with van der Waals surface area (Å²) in [5, 5.41) is 7.89. The number of aliphatic carboxylic acids is 1. The summed E-state index contributed by atoms with van der Waals surface area (Å²) in [5.74, 6) is 0.0836. The van der Waals surface area contributed by atoms with E-state index < -0.39 is 5.97 Å². The van der Waals surface area contributed by atoms with Gasteiger partial charge in [0, 0.05) is 5.57 Å². The van der Waals surface area contributed by atoms with Crippen LogP contribution in [0, 0.1) is 5.92 Å². The molecule has 0 saturated heterocycles. The summed E-state index contributed by atoms with van der Waals surface area (Å²) in [4.78, 5) is 9.60. The van der Waals surface area contributed by atoms with E-state index >= 15 is 0 Å². The third-order valence-corrected chi connectivity index (χ3v) is 2.76. The minimum atomic E-state index is -0.935. The predicted molar refractivity (Wildman–Crippen MR) is 63.9 cm³/mol. The Bertz CT molecular complexity index is 177. The van der Waals surface area contributed by atoms with Gasteiger partial charge >= 0.3 is 5.97 Å². The fourth-order valence-electron chi connectivity index (χ4n) is 1.66. The highest BCUT2D eigenvalue weighted by Crippen LogP contribution is 2.20. The molecule has 1 fully saturated rings. The summed E-state index contributed by atoms with van der Waals surface area (Å²) < 4.78 is 0. The lowest BCUT2D eigenvalue weighted by atomic mass is 9.93. The second-order valence-electron chi connectivity index (χ2n) is 4.54. The number of rotatable bonds is 1. The Hall–Kier alpha value is -0.790. The molecule has 0 aromatic heterocycles. The zero-order chi connectivity index (χ0) is 11.7. The molecule has 0 atom stereocenters. The smallest absolute Gasteiger partial charge is 0.330 e. The lowest BCUT2D eigenvalue weighted by Gasteiger charge is -2.13. The molecule has 2 heteroatoms. The average molecular weight is 212 g/mol. The Morgan fingerprint density at radius 3 is 1.80 bits per heavy atom. The van der Waals surface area contributed by atoms with Crippen LogP contribution in [0.3, 0.4) is 0 Å². The number of carboxylic acid groups (broad SMARTS) is 1. The summed E-state index contributed by atoms with van der Waals surface area (Å²) >= 11 is 0. The number of hydrogen-bond acceptors (Lipinski definition) is 1. The molecular weight excluding hydrogens is 188 g/mol. The highest BCUT2D eigenvalue weighted by molar-refractivity contribution is 5.84. The van der Waals surface area contributed by atoms with Crippen molar-refractivity contribution in [1.82, 2.24) is 0 Å². The zero-order valence-corrected chi connectivity index (χ0v) is 10.1. The largest absolute Gasteiger partial charge is 0.478 e. The van der Waals surface area contributed by atoms with Crippen LogP contribution >= 0.6 is 0 Å². The summed E-state index contributed by atoms with van der Waals surface area (Å²) in [6.07, 6.45) is 10.4. The first-order valence-corrected chi connectivity index (χ1v) is 5.93. The molecule has 0 aliphatic heterocycles. The van der Waals surface area contributed by atoms with E-state index in [1.165, 1.54) is 51.9 Å². The van der Waals surface area contributed by atoms with Crippen LogP contribution in [0.1, 0.15) is 58.8 Å². The molecule has 0 spiro atoms.